The van der Waals surface area contributed by atoms with Crippen LogP contribution in [0.3, 0.4) is 0 Å². The van der Waals surface area contributed by atoms with E-state index in [2.05, 4.69) is 21.9 Å². The monoisotopic (exact) mass is 444 g/mol. The maximum atomic E-state index is 12.6. The minimum Gasteiger partial charge on any atom is -0.463 e. The highest BCUT2D eigenvalue weighted by molar-refractivity contribution is 8.03. The number of thioether (sulfide) groups is 1. The van der Waals surface area contributed by atoms with Crippen LogP contribution in [-0.4, -0.2) is 29.4 Å². The molecule has 1 aliphatic heterocycles. The lowest BCUT2D eigenvalue weighted by molar-refractivity contribution is -0.138. The lowest BCUT2D eigenvalue weighted by atomic mass is 9.87. The summed E-state index contributed by atoms with van der Waals surface area (Å²) in [5, 5.41) is 21.8. The first-order valence-corrected chi connectivity index (χ1v) is 11.0. The van der Waals surface area contributed by atoms with Gasteiger partial charge in [0.05, 0.1) is 46.2 Å². The zero-order valence-corrected chi connectivity index (χ0v) is 18.3. The number of rotatable bonds is 7. The number of hydrogen-bond donors (Lipinski definition) is 2. The molecule has 2 aromatic rings. The van der Waals surface area contributed by atoms with Gasteiger partial charge in [0.25, 0.3) is 0 Å². The molecule has 8 nitrogen and oxygen atoms in total. The molecule has 0 saturated carbocycles. The molecule has 0 saturated heterocycles. The first kappa shape index (κ1) is 21.7. The Kier molecular flexibility index (Phi) is 6.97. The van der Waals surface area contributed by atoms with Crippen LogP contribution in [0.2, 0.25) is 0 Å². The highest BCUT2D eigenvalue weighted by Gasteiger charge is 2.36. The van der Waals surface area contributed by atoms with Gasteiger partial charge >= 0.3 is 5.97 Å². The summed E-state index contributed by atoms with van der Waals surface area (Å²) in [7, 11) is 0. The van der Waals surface area contributed by atoms with E-state index in [1.54, 1.807) is 26.8 Å². The number of esters is 1. The van der Waals surface area contributed by atoms with Gasteiger partial charge in [0.2, 0.25) is 11.8 Å². The fraction of sp³-hybridized carbons (Fsp3) is 0.300. The summed E-state index contributed by atoms with van der Waals surface area (Å²) in [5.41, 5.74) is 2.04. The average Bonchev–Trinajstić information content (AvgIpc) is 3.37. The van der Waals surface area contributed by atoms with Crippen molar-refractivity contribution in [2.24, 2.45) is 0 Å². The number of dihydropyridines is 1. The summed E-state index contributed by atoms with van der Waals surface area (Å²) in [6.45, 7) is 5.49. The molecular formula is C20H20N4O4S2. The van der Waals surface area contributed by atoms with Crippen LogP contribution >= 0.6 is 23.1 Å². The van der Waals surface area contributed by atoms with E-state index >= 15 is 0 Å². The van der Waals surface area contributed by atoms with Crippen molar-refractivity contribution in [1.82, 2.24) is 10.5 Å². The number of ether oxygens (including phenoxy) is 1. The highest BCUT2D eigenvalue weighted by Crippen LogP contribution is 2.42. The fourth-order valence-corrected chi connectivity index (χ4v) is 4.71. The third-order valence-electron chi connectivity index (χ3n) is 4.21. The molecule has 0 unspecified atom stereocenters. The Bertz CT molecular complexity index is 1050. The number of aryl methyl sites for hydroxylation is 1. The number of carbonyl (C=O) groups is 2. The molecule has 3 rings (SSSR count). The van der Waals surface area contributed by atoms with Gasteiger partial charge in [-0.15, -0.1) is 11.3 Å². The number of allylic oxidation sites excluding steroid dienone is 2. The Labute approximate surface area is 182 Å². The number of thiophene rings is 1. The van der Waals surface area contributed by atoms with Crippen molar-refractivity contribution in [3.63, 3.8) is 0 Å². The number of nitriles is 1. The summed E-state index contributed by atoms with van der Waals surface area (Å²) in [6.07, 6.45) is 0. The lowest BCUT2D eigenvalue weighted by Crippen LogP contribution is -2.29. The second-order valence-corrected chi connectivity index (χ2v) is 8.32. The summed E-state index contributed by atoms with van der Waals surface area (Å²) < 4.78 is 10.2. The molecule has 1 amide bonds. The third kappa shape index (κ3) is 4.75. The second-order valence-electron chi connectivity index (χ2n) is 6.36. The topological polar surface area (TPSA) is 117 Å². The minimum absolute atomic E-state index is 0.0481. The van der Waals surface area contributed by atoms with E-state index in [0.717, 1.165) is 4.88 Å². The molecular weight excluding hydrogens is 424 g/mol. The van der Waals surface area contributed by atoms with Gasteiger partial charge in [0, 0.05) is 16.6 Å². The van der Waals surface area contributed by atoms with Gasteiger partial charge in [0.15, 0.2) is 0 Å². The predicted molar refractivity (Wildman–Crippen MR) is 114 cm³/mol. The molecule has 0 radical (unpaired) electrons. The molecule has 3 heterocycles. The number of amides is 1. The Morgan fingerprint density at radius 2 is 2.27 bits per heavy atom. The highest BCUT2D eigenvalue weighted by atomic mass is 32.2. The van der Waals surface area contributed by atoms with Crippen molar-refractivity contribution in [2.45, 2.75) is 26.7 Å². The van der Waals surface area contributed by atoms with Gasteiger partial charge in [-0.2, -0.15) is 5.26 Å². The van der Waals surface area contributed by atoms with Crippen molar-refractivity contribution < 1.29 is 18.8 Å². The summed E-state index contributed by atoms with van der Waals surface area (Å²) in [5.74, 6) is -0.990. The number of anilines is 1. The smallest absolute Gasteiger partial charge is 0.336 e. The largest absolute Gasteiger partial charge is 0.463 e. The van der Waals surface area contributed by atoms with E-state index in [-0.39, 0.29) is 24.2 Å². The number of hydrogen-bond acceptors (Lipinski definition) is 9. The van der Waals surface area contributed by atoms with Crippen LogP contribution in [0.15, 0.2) is 50.0 Å². The van der Waals surface area contributed by atoms with Crippen molar-refractivity contribution in [1.29, 1.82) is 5.26 Å². The molecule has 0 aromatic carbocycles. The first-order valence-electron chi connectivity index (χ1n) is 9.13. The van der Waals surface area contributed by atoms with Crippen molar-refractivity contribution in [2.75, 3.05) is 17.7 Å². The lowest BCUT2D eigenvalue weighted by Gasteiger charge is -2.28. The van der Waals surface area contributed by atoms with Crippen molar-refractivity contribution in [3.05, 3.63) is 56.0 Å². The molecule has 10 heteroatoms. The Hall–Kier alpha value is -3.03. The Morgan fingerprint density at radius 1 is 1.47 bits per heavy atom. The summed E-state index contributed by atoms with van der Waals surface area (Å²) in [6, 6.07) is 7.59. The van der Waals surface area contributed by atoms with E-state index < -0.39 is 11.9 Å². The van der Waals surface area contributed by atoms with E-state index in [4.69, 9.17) is 9.26 Å². The molecule has 156 valence electrons. The molecule has 1 aliphatic rings. The SMILES string of the molecule is CCOC(=O)C1=C(C)NC(SCC(=O)Nc2cc(C)no2)=C(C#N)[C@@H]1c1cccs1. The molecule has 2 aromatic heterocycles. The van der Waals surface area contributed by atoms with E-state index in [9.17, 15) is 14.9 Å². The maximum absolute atomic E-state index is 12.6. The zero-order chi connectivity index (χ0) is 21.7. The fourth-order valence-electron chi connectivity index (χ4n) is 2.98. The Balaban J connectivity index is 1.84. The molecule has 1 atom stereocenters. The van der Waals surface area contributed by atoms with Crippen LogP contribution < -0.4 is 10.6 Å². The molecule has 0 spiro atoms. The van der Waals surface area contributed by atoms with Gasteiger partial charge in [-0.1, -0.05) is 23.0 Å². The second kappa shape index (κ2) is 9.65. The van der Waals surface area contributed by atoms with Gasteiger partial charge < -0.3 is 14.6 Å². The molecule has 30 heavy (non-hydrogen) atoms. The molecule has 2 N–H and O–H groups in total. The number of nitrogens with zero attached hydrogens (tertiary/aromatic N) is 2. The van der Waals surface area contributed by atoms with Gasteiger partial charge in [-0.05, 0) is 32.2 Å². The van der Waals surface area contributed by atoms with Crippen molar-refractivity contribution in [3.8, 4) is 6.07 Å². The van der Waals surface area contributed by atoms with Crippen LogP contribution in [0.5, 0.6) is 0 Å². The predicted octanol–water partition coefficient (Wildman–Crippen LogP) is 3.68. The quantitative estimate of drug-likeness (QED) is 0.621. The normalized spacial score (nSPS) is 16.1. The molecule has 0 bridgehead atoms. The molecule has 0 fully saturated rings. The minimum atomic E-state index is -0.544. The molecule has 0 aliphatic carbocycles. The van der Waals surface area contributed by atoms with Crippen molar-refractivity contribution >= 4 is 40.9 Å². The number of aromatic nitrogens is 1. The van der Waals surface area contributed by atoms with Gasteiger partial charge in [-0.25, -0.2) is 4.79 Å². The van der Waals surface area contributed by atoms with Crippen LogP contribution in [-0.2, 0) is 14.3 Å². The summed E-state index contributed by atoms with van der Waals surface area (Å²) >= 11 is 2.64. The number of nitrogens with one attached hydrogen (secondary N) is 2. The average molecular weight is 445 g/mol. The Morgan fingerprint density at radius 3 is 2.87 bits per heavy atom. The van der Waals surface area contributed by atoms with Gasteiger partial charge in [0.1, 0.15) is 0 Å². The number of carbonyl (C=O) groups excluding carboxylic acids is 2. The third-order valence-corrected chi connectivity index (χ3v) is 6.16. The van der Waals surface area contributed by atoms with Gasteiger partial charge in [-0.3, -0.25) is 10.1 Å². The van der Waals surface area contributed by atoms with Crippen LogP contribution in [0.1, 0.15) is 30.3 Å². The van der Waals surface area contributed by atoms with Crippen LogP contribution in [0.25, 0.3) is 0 Å². The standard InChI is InChI=1S/C20H20N4O4S2/c1-4-27-20(26)17-12(3)22-19(13(9-21)18(17)14-6-5-7-29-14)30-10-15(25)23-16-8-11(2)24-28-16/h5-8,18,22H,4,10H2,1-3H3,(H,23,25)/t18-/m1/s1. The zero-order valence-electron chi connectivity index (χ0n) is 16.6. The van der Waals surface area contributed by atoms with Crippen LogP contribution in [0.4, 0.5) is 5.88 Å². The van der Waals surface area contributed by atoms with E-state index in [1.165, 1.54) is 23.1 Å². The van der Waals surface area contributed by atoms with Crippen LogP contribution in [0, 0.1) is 18.3 Å². The van der Waals surface area contributed by atoms with E-state index in [1.807, 2.05) is 17.5 Å². The van der Waals surface area contributed by atoms with E-state index in [0.29, 0.717) is 27.6 Å². The maximum Gasteiger partial charge on any atom is 0.336 e. The summed E-state index contributed by atoms with van der Waals surface area (Å²) in [4.78, 5) is 25.7. The first-order chi connectivity index (χ1) is 14.4.